The summed E-state index contributed by atoms with van der Waals surface area (Å²) in [6, 6.07) is 9.86. The number of nitrogens with one attached hydrogen (secondary N) is 1. The van der Waals surface area contributed by atoms with Crippen molar-refractivity contribution >= 4 is 5.91 Å². The fourth-order valence-electron chi connectivity index (χ4n) is 2.38. The number of aromatic nitrogens is 1. The van der Waals surface area contributed by atoms with Gasteiger partial charge in [-0.25, -0.2) is 0 Å². The first-order valence-corrected chi connectivity index (χ1v) is 7.56. The maximum atomic E-state index is 12.0. The molecule has 5 nitrogen and oxygen atoms in total. The standard InChI is InChI=1S/C18H23N3O2/c1-14-6-7-17(23-3)16(9-14)12-21(2)13-18(22)20-11-15-5-4-8-19-10-15/h4-10H,11-13H2,1-3H3,(H,20,22). The lowest BCUT2D eigenvalue weighted by molar-refractivity contribution is -0.122. The van der Waals surface area contributed by atoms with Gasteiger partial charge in [0.2, 0.25) is 5.91 Å². The Morgan fingerprint density at radius 2 is 2.17 bits per heavy atom. The van der Waals surface area contributed by atoms with Crippen LogP contribution in [0.2, 0.25) is 0 Å². The zero-order valence-corrected chi connectivity index (χ0v) is 13.9. The number of aryl methyl sites for hydroxylation is 1. The monoisotopic (exact) mass is 313 g/mol. The van der Waals surface area contributed by atoms with E-state index >= 15 is 0 Å². The van der Waals surface area contributed by atoms with Gasteiger partial charge in [0.25, 0.3) is 0 Å². The van der Waals surface area contributed by atoms with Gasteiger partial charge in [-0.3, -0.25) is 14.7 Å². The zero-order valence-electron chi connectivity index (χ0n) is 13.9. The van der Waals surface area contributed by atoms with Crippen LogP contribution in [0.25, 0.3) is 0 Å². The molecule has 1 aromatic heterocycles. The molecule has 2 rings (SSSR count). The number of carbonyl (C=O) groups is 1. The van der Waals surface area contributed by atoms with E-state index in [2.05, 4.69) is 16.4 Å². The van der Waals surface area contributed by atoms with Crippen LogP contribution in [-0.4, -0.2) is 36.5 Å². The molecule has 0 unspecified atom stereocenters. The lowest BCUT2D eigenvalue weighted by atomic mass is 10.1. The van der Waals surface area contributed by atoms with E-state index in [1.807, 2.05) is 43.1 Å². The van der Waals surface area contributed by atoms with Gasteiger partial charge in [0.1, 0.15) is 5.75 Å². The Labute approximate surface area is 137 Å². The predicted octanol–water partition coefficient (Wildman–Crippen LogP) is 2.15. The minimum atomic E-state index is -0.0111. The number of hydrogen-bond donors (Lipinski definition) is 1. The zero-order chi connectivity index (χ0) is 16.7. The Kier molecular flexibility index (Phi) is 6.11. The van der Waals surface area contributed by atoms with E-state index in [0.717, 1.165) is 16.9 Å². The number of carbonyl (C=O) groups excluding carboxylic acids is 1. The molecule has 1 aromatic carbocycles. The highest BCUT2D eigenvalue weighted by molar-refractivity contribution is 5.77. The molecular weight excluding hydrogens is 290 g/mol. The third kappa shape index (κ3) is 5.38. The van der Waals surface area contributed by atoms with Crippen molar-refractivity contribution < 1.29 is 9.53 Å². The van der Waals surface area contributed by atoms with Gasteiger partial charge in [0.05, 0.1) is 13.7 Å². The SMILES string of the molecule is COc1ccc(C)cc1CN(C)CC(=O)NCc1cccnc1. The number of ether oxygens (including phenoxy) is 1. The molecule has 0 atom stereocenters. The van der Waals surface area contributed by atoms with Crippen LogP contribution in [0.5, 0.6) is 5.75 Å². The van der Waals surface area contributed by atoms with Crippen LogP contribution in [0.1, 0.15) is 16.7 Å². The van der Waals surface area contributed by atoms with Crippen LogP contribution < -0.4 is 10.1 Å². The minimum Gasteiger partial charge on any atom is -0.496 e. The molecule has 5 heteroatoms. The highest BCUT2D eigenvalue weighted by Crippen LogP contribution is 2.20. The van der Waals surface area contributed by atoms with Crippen LogP contribution in [0.15, 0.2) is 42.7 Å². The molecule has 0 aliphatic rings. The summed E-state index contributed by atoms with van der Waals surface area (Å²) in [4.78, 5) is 18.0. The molecule has 0 radical (unpaired) electrons. The fourth-order valence-corrected chi connectivity index (χ4v) is 2.38. The molecule has 0 spiro atoms. The molecule has 122 valence electrons. The summed E-state index contributed by atoms with van der Waals surface area (Å²) in [6.45, 7) is 3.53. The third-order valence-electron chi connectivity index (χ3n) is 3.50. The number of likely N-dealkylation sites (N-methyl/N-ethyl adjacent to an activating group) is 1. The van der Waals surface area contributed by atoms with Crippen molar-refractivity contribution in [1.82, 2.24) is 15.2 Å². The second-order valence-electron chi connectivity index (χ2n) is 5.63. The van der Waals surface area contributed by atoms with Gasteiger partial charge in [-0.05, 0) is 31.7 Å². The van der Waals surface area contributed by atoms with E-state index in [9.17, 15) is 4.79 Å². The third-order valence-corrected chi connectivity index (χ3v) is 3.50. The van der Waals surface area contributed by atoms with E-state index in [1.165, 1.54) is 5.56 Å². The average molecular weight is 313 g/mol. The van der Waals surface area contributed by atoms with E-state index in [1.54, 1.807) is 19.5 Å². The van der Waals surface area contributed by atoms with Gasteiger partial charge in [0.15, 0.2) is 0 Å². The molecule has 0 fully saturated rings. The Hall–Kier alpha value is -2.40. The maximum Gasteiger partial charge on any atom is 0.234 e. The lowest BCUT2D eigenvalue weighted by Crippen LogP contribution is -2.34. The van der Waals surface area contributed by atoms with Crippen molar-refractivity contribution in [3.8, 4) is 5.75 Å². The molecule has 0 aliphatic carbocycles. The first-order chi connectivity index (χ1) is 11.1. The summed E-state index contributed by atoms with van der Waals surface area (Å²) < 4.78 is 5.38. The predicted molar refractivity (Wildman–Crippen MR) is 90.1 cm³/mol. The van der Waals surface area contributed by atoms with Gasteiger partial charge in [-0.2, -0.15) is 0 Å². The van der Waals surface area contributed by atoms with E-state index in [0.29, 0.717) is 19.6 Å². The summed E-state index contributed by atoms with van der Waals surface area (Å²) >= 11 is 0. The highest BCUT2D eigenvalue weighted by atomic mass is 16.5. The largest absolute Gasteiger partial charge is 0.496 e. The first kappa shape index (κ1) is 17.0. The number of amides is 1. The van der Waals surface area contributed by atoms with Crippen molar-refractivity contribution in [1.29, 1.82) is 0 Å². The van der Waals surface area contributed by atoms with Crippen LogP contribution in [-0.2, 0) is 17.9 Å². The fraction of sp³-hybridized carbons (Fsp3) is 0.333. The molecular formula is C18H23N3O2. The average Bonchev–Trinajstić information content (AvgIpc) is 2.54. The second kappa shape index (κ2) is 8.29. The van der Waals surface area contributed by atoms with Crippen LogP contribution in [0.4, 0.5) is 0 Å². The van der Waals surface area contributed by atoms with Crippen molar-refractivity contribution in [3.63, 3.8) is 0 Å². The summed E-state index contributed by atoms with van der Waals surface area (Å²) in [6.07, 6.45) is 3.47. The van der Waals surface area contributed by atoms with Gasteiger partial charge < -0.3 is 10.1 Å². The Balaban J connectivity index is 1.85. The quantitative estimate of drug-likeness (QED) is 0.851. The molecule has 1 heterocycles. The van der Waals surface area contributed by atoms with Crippen molar-refractivity contribution in [2.75, 3.05) is 20.7 Å². The van der Waals surface area contributed by atoms with E-state index < -0.39 is 0 Å². The Morgan fingerprint density at radius 3 is 2.87 bits per heavy atom. The number of rotatable bonds is 7. The normalized spacial score (nSPS) is 10.6. The number of hydrogen-bond acceptors (Lipinski definition) is 4. The number of benzene rings is 1. The molecule has 0 bridgehead atoms. The van der Waals surface area contributed by atoms with E-state index in [-0.39, 0.29) is 5.91 Å². The molecule has 0 aliphatic heterocycles. The van der Waals surface area contributed by atoms with E-state index in [4.69, 9.17) is 4.74 Å². The first-order valence-electron chi connectivity index (χ1n) is 7.56. The highest BCUT2D eigenvalue weighted by Gasteiger charge is 2.10. The summed E-state index contributed by atoms with van der Waals surface area (Å²) in [5.74, 6) is 0.834. The summed E-state index contributed by atoms with van der Waals surface area (Å²) in [5.41, 5.74) is 3.24. The number of methoxy groups -OCH3 is 1. The Bertz CT molecular complexity index is 644. The van der Waals surface area contributed by atoms with Crippen LogP contribution in [0.3, 0.4) is 0 Å². The second-order valence-corrected chi connectivity index (χ2v) is 5.63. The Morgan fingerprint density at radius 1 is 1.35 bits per heavy atom. The van der Waals surface area contributed by atoms with Gasteiger partial charge in [-0.1, -0.05) is 23.8 Å². The smallest absolute Gasteiger partial charge is 0.234 e. The topological polar surface area (TPSA) is 54.5 Å². The van der Waals surface area contributed by atoms with Gasteiger partial charge in [0, 0.05) is 31.0 Å². The molecule has 0 saturated heterocycles. The van der Waals surface area contributed by atoms with Gasteiger partial charge in [-0.15, -0.1) is 0 Å². The molecule has 23 heavy (non-hydrogen) atoms. The summed E-state index contributed by atoms with van der Waals surface area (Å²) in [5, 5.41) is 2.90. The molecule has 1 amide bonds. The number of nitrogens with zero attached hydrogens (tertiary/aromatic N) is 2. The minimum absolute atomic E-state index is 0.0111. The number of pyridine rings is 1. The van der Waals surface area contributed by atoms with Crippen molar-refractivity contribution in [2.45, 2.75) is 20.0 Å². The van der Waals surface area contributed by atoms with Gasteiger partial charge >= 0.3 is 0 Å². The lowest BCUT2D eigenvalue weighted by Gasteiger charge is -2.18. The molecule has 0 saturated carbocycles. The van der Waals surface area contributed by atoms with Crippen LogP contribution in [0, 0.1) is 6.92 Å². The summed E-state index contributed by atoms with van der Waals surface area (Å²) in [7, 11) is 3.58. The molecule has 1 N–H and O–H groups in total. The van der Waals surface area contributed by atoms with Crippen LogP contribution >= 0.6 is 0 Å². The maximum absolute atomic E-state index is 12.0. The van der Waals surface area contributed by atoms with Crippen molar-refractivity contribution in [3.05, 3.63) is 59.4 Å². The molecule has 2 aromatic rings. The van der Waals surface area contributed by atoms with Crippen molar-refractivity contribution in [2.24, 2.45) is 0 Å².